The highest BCUT2D eigenvalue weighted by molar-refractivity contribution is 7.89. The van der Waals surface area contributed by atoms with Crippen LogP contribution in [-0.2, 0) is 19.6 Å². The maximum atomic E-state index is 12.4. The van der Waals surface area contributed by atoms with Crippen LogP contribution in [-0.4, -0.2) is 75.4 Å². The van der Waals surface area contributed by atoms with Gasteiger partial charge in [-0.2, -0.15) is 0 Å². The Morgan fingerprint density at radius 3 is 2.58 bits per heavy atom. The number of aliphatic hydroxyl groups is 1. The fourth-order valence-electron chi connectivity index (χ4n) is 4.27. The number of amides is 1. The molecule has 8 nitrogen and oxygen atoms in total. The summed E-state index contributed by atoms with van der Waals surface area (Å²) in [4.78, 5) is 14.9. The molecule has 2 fully saturated rings. The minimum atomic E-state index is -3.54. The van der Waals surface area contributed by atoms with Crippen molar-refractivity contribution in [2.24, 2.45) is 0 Å². The monoisotopic (exact) mass is 453 g/mol. The second-order valence-electron chi connectivity index (χ2n) is 8.38. The van der Waals surface area contributed by atoms with Crippen LogP contribution in [0.1, 0.15) is 44.9 Å². The number of hydrogen-bond donors (Lipinski definition) is 3. The van der Waals surface area contributed by atoms with Gasteiger partial charge >= 0.3 is 0 Å². The summed E-state index contributed by atoms with van der Waals surface area (Å²) in [6.07, 6.45) is 5.44. The highest BCUT2D eigenvalue weighted by atomic mass is 32.2. The molecule has 31 heavy (non-hydrogen) atoms. The van der Waals surface area contributed by atoms with Crippen LogP contribution in [0.4, 0.5) is 0 Å². The summed E-state index contributed by atoms with van der Waals surface area (Å²) in [6, 6.07) is 8.04. The number of piperidine rings is 1. The number of likely N-dealkylation sites (tertiary alicyclic amines) is 1. The third-order valence-electron chi connectivity index (χ3n) is 6.06. The number of hydrogen-bond acceptors (Lipinski definition) is 6. The van der Waals surface area contributed by atoms with Gasteiger partial charge in [0.1, 0.15) is 6.10 Å². The van der Waals surface area contributed by atoms with Gasteiger partial charge in [0, 0.05) is 19.5 Å². The smallest absolute Gasteiger partial charge is 0.240 e. The molecule has 0 unspecified atom stereocenters. The summed E-state index contributed by atoms with van der Waals surface area (Å²) < 4.78 is 33.2. The molecule has 3 atom stereocenters. The quantitative estimate of drug-likeness (QED) is 0.492. The lowest BCUT2D eigenvalue weighted by Gasteiger charge is -2.36. The first-order valence-corrected chi connectivity index (χ1v) is 12.8. The molecule has 1 aromatic rings. The highest BCUT2D eigenvalue weighted by Crippen LogP contribution is 2.22. The summed E-state index contributed by atoms with van der Waals surface area (Å²) in [7, 11) is -3.54. The van der Waals surface area contributed by atoms with Crippen LogP contribution in [0.25, 0.3) is 0 Å². The van der Waals surface area contributed by atoms with Crippen molar-refractivity contribution in [3.8, 4) is 0 Å². The van der Waals surface area contributed by atoms with Crippen molar-refractivity contribution in [3.05, 3.63) is 30.3 Å². The number of carbonyl (C=O) groups excluding carboxylic acids is 1. The molecule has 2 heterocycles. The highest BCUT2D eigenvalue weighted by Gasteiger charge is 2.32. The zero-order valence-corrected chi connectivity index (χ0v) is 18.9. The lowest BCUT2D eigenvalue weighted by molar-refractivity contribution is -0.128. The van der Waals surface area contributed by atoms with Gasteiger partial charge in [0.2, 0.25) is 15.9 Å². The van der Waals surface area contributed by atoms with Gasteiger partial charge in [-0.05, 0) is 57.3 Å². The van der Waals surface area contributed by atoms with E-state index in [-0.39, 0.29) is 36.1 Å². The molecule has 0 aliphatic carbocycles. The van der Waals surface area contributed by atoms with Crippen LogP contribution in [0.5, 0.6) is 0 Å². The molecule has 0 radical (unpaired) electrons. The molecule has 0 saturated carbocycles. The Balaban J connectivity index is 1.39. The van der Waals surface area contributed by atoms with E-state index in [1.54, 1.807) is 30.3 Å². The number of rotatable bonds is 10. The number of sulfonamides is 1. The third-order valence-corrected chi connectivity index (χ3v) is 7.53. The van der Waals surface area contributed by atoms with Gasteiger partial charge < -0.3 is 20.1 Å². The summed E-state index contributed by atoms with van der Waals surface area (Å²) in [6.45, 7) is 2.98. The topological polar surface area (TPSA) is 108 Å². The molecule has 3 N–H and O–H groups in total. The van der Waals surface area contributed by atoms with Crippen molar-refractivity contribution in [2.45, 2.75) is 68.1 Å². The fraction of sp³-hybridized carbons (Fsp3) is 0.682. The first kappa shape index (κ1) is 24.1. The van der Waals surface area contributed by atoms with E-state index in [9.17, 15) is 18.3 Å². The molecule has 1 aromatic carbocycles. The van der Waals surface area contributed by atoms with Gasteiger partial charge in [0.15, 0.2) is 0 Å². The standard InChI is InChI=1S/C22H35N3O5S/c26-17-21-20(24-22(27)12-16-25-14-5-2-6-15-25)10-9-18(30-21)11-13-23-31(28,29)19-7-3-1-4-8-19/h1,3-4,7-8,18,20-21,23,26H,2,5-6,9-17H2,(H,24,27)/t18-,20+,21+/m1/s1. The minimum absolute atomic E-state index is 0.00769. The average Bonchev–Trinajstić information content (AvgIpc) is 2.80. The molecular formula is C22H35N3O5S. The molecule has 2 aliphatic heterocycles. The Morgan fingerprint density at radius 1 is 1.13 bits per heavy atom. The summed E-state index contributed by atoms with van der Waals surface area (Å²) in [5, 5.41) is 12.8. The number of carbonyl (C=O) groups is 1. The Bertz CT molecular complexity index is 784. The SMILES string of the molecule is O=C(CCN1CCCCC1)N[C@H]1CC[C@H](CCNS(=O)(=O)c2ccccc2)O[C@H]1CO. The van der Waals surface area contributed by atoms with Gasteiger partial charge in [-0.15, -0.1) is 0 Å². The predicted molar refractivity (Wildman–Crippen MR) is 118 cm³/mol. The van der Waals surface area contributed by atoms with E-state index in [0.717, 1.165) is 19.6 Å². The molecule has 2 saturated heterocycles. The first-order valence-electron chi connectivity index (χ1n) is 11.3. The van der Waals surface area contributed by atoms with Crippen LogP contribution in [0.15, 0.2) is 35.2 Å². The largest absolute Gasteiger partial charge is 0.394 e. The molecule has 0 aromatic heterocycles. The van der Waals surface area contributed by atoms with E-state index in [4.69, 9.17) is 4.74 Å². The van der Waals surface area contributed by atoms with Gasteiger partial charge in [-0.1, -0.05) is 24.6 Å². The zero-order valence-electron chi connectivity index (χ0n) is 18.0. The lowest BCUT2D eigenvalue weighted by Crippen LogP contribution is -2.51. The van der Waals surface area contributed by atoms with E-state index in [2.05, 4.69) is 14.9 Å². The number of aliphatic hydroxyl groups excluding tert-OH is 1. The van der Waals surface area contributed by atoms with Crippen molar-refractivity contribution >= 4 is 15.9 Å². The number of nitrogens with one attached hydrogen (secondary N) is 2. The van der Waals surface area contributed by atoms with Crippen molar-refractivity contribution < 1.29 is 23.1 Å². The zero-order chi connectivity index (χ0) is 22.1. The van der Waals surface area contributed by atoms with E-state index in [1.165, 1.54) is 19.3 Å². The van der Waals surface area contributed by atoms with Crippen LogP contribution in [0.3, 0.4) is 0 Å². The first-order chi connectivity index (χ1) is 15.0. The second-order valence-corrected chi connectivity index (χ2v) is 10.1. The van der Waals surface area contributed by atoms with Crippen molar-refractivity contribution in [3.63, 3.8) is 0 Å². The molecule has 174 valence electrons. The van der Waals surface area contributed by atoms with Gasteiger partial charge in [-0.3, -0.25) is 4.79 Å². The van der Waals surface area contributed by atoms with Gasteiger partial charge in [0.05, 0.1) is 23.6 Å². The third kappa shape index (κ3) is 7.54. The van der Waals surface area contributed by atoms with Gasteiger partial charge in [0.25, 0.3) is 0 Å². The van der Waals surface area contributed by atoms with Crippen molar-refractivity contribution in [1.82, 2.24) is 14.9 Å². The summed E-state index contributed by atoms with van der Waals surface area (Å²) in [5.41, 5.74) is 0. The second kappa shape index (κ2) is 11.9. The number of benzene rings is 1. The Morgan fingerprint density at radius 2 is 1.87 bits per heavy atom. The molecule has 9 heteroatoms. The molecule has 0 spiro atoms. The van der Waals surface area contributed by atoms with Crippen LogP contribution in [0, 0.1) is 0 Å². The number of nitrogens with zero attached hydrogens (tertiary/aromatic N) is 1. The molecule has 3 rings (SSSR count). The minimum Gasteiger partial charge on any atom is -0.394 e. The Hall–Kier alpha value is -1.52. The normalized spacial score (nSPS) is 25.3. The Labute approximate surface area is 185 Å². The van der Waals surface area contributed by atoms with Crippen LogP contribution >= 0.6 is 0 Å². The molecule has 0 bridgehead atoms. The summed E-state index contributed by atoms with van der Waals surface area (Å²) in [5.74, 6) is -0.00769. The molecular weight excluding hydrogens is 418 g/mol. The van der Waals surface area contributed by atoms with E-state index >= 15 is 0 Å². The van der Waals surface area contributed by atoms with Crippen molar-refractivity contribution in [2.75, 3.05) is 32.8 Å². The lowest BCUT2D eigenvalue weighted by atomic mass is 9.97. The maximum Gasteiger partial charge on any atom is 0.240 e. The maximum absolute atomic E-state index is 12.4. The van der Waals surface area contributed by atoms with E-state index in [0.29, 0.717) is 25.7 Å². The van der Waals surface area contributed by atoms with Gasteiger partial charge in [-0.25, -0.2) is 13.1 Å². The average molecular weight is 454 g/mol. The van der Waals surface area contributed by atoms with Crippen LogP contribution in [0.2, 0.25) is 0 Å². The van der Waals surface area contributed by atoms with Crippen molar-refractivity contribution in [1.29, 1.82) is 0 Å². The predicted octanol–water partition coefficient (Wildman–Crippen LogP) is 1.26. The van der Waals surface area contributed by atoms with Crippen LogP contribution < -0.4 is 10.0 Å². The summed E-state index contributed by atoms with van der Waals surface area (Å²) >= 11 is 0. The fourth-order valence-corrected chi connectivity index (χ4v) is 5.34. The molecule has 1 amide bonds. The molecule has 2 aliphatic rings. The Kier molecular flexibility index (Phi) is 9.28. The number of ether oxygens (including phenoxy) is 1. The van der Waals surface area contributed by atoms with E-state index in [1.807, 2.05) is 0 Å². The van der Waals surface area contributed by atoms with E-state index < -0.39 is 16.1 Å².